The van der Waals surface area contributed by atoms with Crippen molar-refractivity contribution in [3.8, 4) is 5.75 Å². The Morgan fingerprint density at radius 2 is 2.00 bits per heavy atom. The van der Waals surface area contributed by atoms with Gasteiger partial charge in [0, 0.05) is 0 Å². The van der Waals surface area contributed by atoms with Crippen LogP contribution in [0.4, 0.5) is 0 Å². The average molecular weight is 198 g/mol. The van der Waals surface area contributed by atoms with Crippen LogP contribution in [0.5, 0.6) is 5.75 Å². The Balaban J connectivity index is 2.73. The first-order valence-corrected chi connectivity index (χ1v) is 4.96. The van der Waals surface area contributed by atoms with Crippen LogP contribution in [0.15, 0.2) is 36.9 Å². The molecule has 0 aliphatic rings. The van der Waals surface area contributed by atoms with Crippen molar-refractivity contribution in [2.45, 2.75) is 6.92 Å². The van der Waals surface area contributed by atoms with Crippen LogP contribution in [0.3, 0.4) is 0 Å². The van der Waals surface area contributed by atoms with Crippen LogP contribution >= 0.6 is 0 Å². The number of ether oxygens (including phenoxy) is 1. The summed E-state index contributed by atoms with van der Waals surface area (Å²) in [6, 6.07) is 10.4. The predicted molar refractivity (Wildman–Crippen MR) is 65.3 cm³/mol. The van der Waals surface area contributed by atoms with Gasteiger partial charge < -0.3 is 4.74 Å². The number of hydrogen-bond acceptors (Lipinski definition) is 1. The van der Waals surface area contributed by atoms with Gasteiger partial charge in [0.15, 0.2) is 0 Å². The van der Waals surface area contributed by atoms with E-state index in [-0.39, 0.29) is 0 Å². The Kier molecular flexibility index (Phi) is 2.46. The van der Waals surface area contributed by atoms with Crippen LogP contribution in [0.2, 0.25) is 0 Å². The van der Waals surface area contributed by atoms with Gasteiger partial charge in [-0.2, -0.15) is 0 Å². The summed E-state index contributed by atoms with van der Waals surface area (Å²) in [4.78, 5) is 0. The van der Waals surface area contributed by atoms with Gasteiger partial charge in [-0.15, -0.1) is 0 Å². The fourth-order valence-electron chi connectivity index (χ4n) is 1.83. The van der Waals surface area contributed by atoms with E-state index in [2.05, 4.69) is 37.8 Å². The summed E-state index contributed by atoms with van der Waals surface area (Å²) in [7, 11) is 1.70. The molecule has 0 radical (unpaired) electrons. The molecule has 2 rings (SSSR count). The summed E-state index contributed by atoms with van der Waals surface area (Å²) in [6.45, 7) is 5.85. The van der Waals surface area contributed by atoms with Crippen molar-refractivity contribution in [1.82, 2.24) is 0 Å². The maximum absolute atomic E-state index is 5.29. The molecule has 0 N–H and O–H groups in total. The Labute approximate surface area is 90.0 Å². The number of benzene rings is 2. The van der Waals surface area contributed by atoms with Crippen molar-refractivity contribution in [3.05, 3.63) is 48.0 Å². The molecule has 0 bridgehead atoms. The van der Waals surface area contributed by atoms with Gasteiger partial charge in [0.05, 0.1) is 7.11 Å². The van der Waals surface area contributed by atoms with E-state index in [9.17, 15) is 0 Å². The van der Waals surface area contributed by atoms with Gasteiger partial charge in [0.1, 0.15) is 5.75 Å². The highest BCUT2D eigenvalue weighted by Gasteiger charge is 2.03. The van der Waals surface area contributed by atoms with E-state index >= 15 is 0 Å². The molecule has 0 heterocycles. The maximum Gasteiger partial charge on any atom is 0.122 e. The first-order valence-electron chi connectivity index (χ1n) is 4.96. The first kappa shape index (κ1) is 9.78. The second-order valence-electron chi connectivity index (χ2n) is 3.58. The summed E-state index contributed by atoms with van der Waals surface area (Å²) < 4.78 is 5.29. The van der Waals surface area contributed by atoms with Crippen LogP contribution in [0, 0.1) is 6.92 Å². The lowest BCUT2D eigenvalue weighted by molar-refractivity contribution is 0.412. The van der Waals surface area contributed by atoms with Gasteiger partial charge in [0.2, 0.25) is 0 Å². The number of aryl methyl sites for hydroxylation is 1. The highest BCUT2D eigenvalue weighted by molar-refractivity contribution is 5.89. The lowest BCUT2D eigenvalue weighted by Crippen LogP contribution is -1.88. The number of rotatable bonds is 2. The van der Waals surface area contributed by atoms with Gasteiger partial charge in [0.25, 0.3) is 0 Å². The number of methoxy groups -OCH3 is 1. The molecule has 0 amide bonds. The zero-order chi connectivity index (χ0) is 10.8. The van der Waals surface area contributed by atoms with Gasteiger partial charge in [-0.3, -0.25) is 0 Å². The molecule has 0 aromatic heterocycles. The van der Waals surface area contributed by atoms with Crippen molar-refractivity contribution in [2.24, 2.45) is 0 Å². The largest absolute Gasteiger partial charge is 0.496 e. The van der Waals surface area contributed by atoms with E-state index in [4.69, 9.17) is 4.74 Å². The van der Waals surface area contributed by atoms with E-state index in [0.717, 1.165) is 11.3 Å². The molecule has 0 aliphatic heterocycles. The molecule has 0 saturated carbocycles. The molecule has 0 saturated heterocycles. The van der Waals surface area contributed by atoms with Crippen LogP contribution < -0.4 is 4.74 Å². The molecule has 0 spiro atoms. The highest BCUT2D eigenvalue weighted by atomic mass is 16.5. The van der Waals surface area contributed by atoms with Crippen molar-refractivity contribution < 1.29 is 4.74 Å². The second-order valence-corrected chi connectivity index (χ2v) is 3.58. The summed E-state index contributed by atoms with van der Waals surface area (Å²) >= 11 is 0. The topological polar surface area (TPSA) is 9.23 Å². The zero-order valence-electron chi connectivity index (χ0n) is 9.08. The SMILES string of the molecule is C=Cc1ccc2c(C)c(OC)ccc2c1. The number of fused-ring (bicyclic) bond motifs is 1. The molecule has 0 aliphatic carbocycles. The number of hydrogen-bond donors (Lipinski definition) is 0. The minimum absolute atomic E-state index is 0.939. The van der Waals surface area contributed by atoms with E-state index < -0.39 is 0 Å². The van der Waals surface area contributed by atoms with Crippen molar-refractivity contribution in [1.29, 1.82) is 0 Å². The molecule has 2 aromatic carbocycles. The van der Waals surface area contributed by atoms with Gasteiger partial charge in [-0.25, -0.2) is 0 Å². The second kappa shape index (κ2) is 3.77. The fraction of sp³-hybridized carbons (Fsp3) is 0.143. The van der Waals surface area contributed by atoms with E-state index in [1.165, 1.54) is 16.3 Å². The lowest BCUT2D eigenvalue weighted by atomic mass is 10.0. The Hall–Kier alpha value is -1.76. The highest BCUT2D eigenvalue weighted by Crippen LogP contribution is 2.27. The third kappa shape index (κ3) is 1.61. The standard InChI is InChI=1S/C14H14O/c1-4-11-5-7-13-10(2)14(15-3)8-6-12(13)9-11/h4-9H,1H2,2-3H3. The van der Waals surface area contributed by atoms with Crippen molar-refractivity contribution >= 4 is 16.8 Å². The summed E-state index contributed by atoms with van der Waals surface area (Å²) in [6.07, 6.45) is 1.86. The molecule has 2 aromatic rings. The molecule has 1 heteroatoms. The smallest absolute Gasteiger partial charge is 0.122 e. The van der Waals surface area contributed by atoms with Crippen molar-refractivity contribution in [2.75, 3.05) is 7.11 Å². The minimum Gasteiger partial charge on any atom is -0.496 e. The summed E-state index contributed by atoms with van der Waals surface area (Å²) in [5.74, 6) is 0.939. The van der Waals surface area contributed by atoms with Gasteiger partial charge >= 0.3 is 0 Å². The fourth-order valence-corrected chi connectivity index (χ4v) is 1.83. The Bertz CT molecular complexity index is 512. The Morgan fingerprint density at radius 3 is 2.67 bits per heavy atom. The van der Waals surface area contributed by atoms with Crippen LogP contribution in [-0.2, 0) is 0 Å². The van der Waals surface area contributed by atoms with E-state index in [1.54, 1.807) is 7.11 Å². The molecular formula is C14H14O. The van der Waals surface area contributed by atoms with Gasteiger partial charge in [-0.05, 0) is 41.0 Å². The van der Waals surface area contributed by atoms with Gasteiger partial charge in [-0.1, -0.05) is 30.9 Å². The molecular weight excluding hydrogens is 184 g/mol. The van der Waals surface area contributed by atoms with E-state index in [1.807, 2.05) is 12.1 Å². The van der Waals surface area contributed by atoms with E-state index in [0.29, 0.717) is 0 Å². The molecule has 15 heavy (non-hydrogen) atoms. The zero-order valence-corrected chi connectivity index (χ0v) is 9.08. The monoisotopic (exact) mass is 198 g/mol. The average Bonchev–Trinajstić information content (AvgIpc) is 2.29. The normalized spacial score (nSPS) is 10.3. The molecule has 0 atom stereocenters. The maximum atomic E-state index is 5.29. The molecule has 1 nitrogen and oxygen atoms in total. The first-order chi connectivity index (χ1) is 7.26. The quantitative estimate of drug-likeness (QED) is 0.713. The van der Waals surface area contributed by atoms with Crippen molar-refractivity contribution in [3.63, 3.8) is 0 Å². The molecule has 0 unspecified atom stereocenters. The molecule has 0 fully saturated rings. The third-order valence-electron chi connectivity index (χ3n) is 2.72. The lowest BCUT2D eigenvalue weighted by Gasteiger charge is -2.08. The van der Waals surface area contributed by atoms with Crippen LogP contribution in [-0.4, -0.2) is 7.11 Å². The Morgan fingerprint density at radius 1 is 1.20 bits per heavy atom. The van der Waals surface area contributed by atoms with Crippen LogP contribution in [0.1, 0.15) is 11.1 Å². The molecule has 76 valence electrons. The van der Waals surface area contributed by atoms with Crippen LogP contribution in [0.25, 0.3) is 16.8 Å². The summed E-state index contributed by atoms with van der Waals surface area (Å²) in [5, 5.41) is 2.46. The third-order valence-corrected chi connectivity index (χ3v) is 2.72. The predicted octanol–water partition coefficient (Wildman–Crippen LogP) is 3.80. The summed E-state index contributed by atoms with van der Waals surface area (Å²) in [5.41, 5.74) is 2.33. The minimum atomic E-state index is 0.939.